The molecule has 0 unspecified atom stereocenters. The summed E-state index contributed by atoms with van der Waals surface area (Å²) in [6.45, 7) is 6.73. The lowest BCUT2D eigenvalue weighted by molar-refractivity contribution is -0.137. The molecule has 1 aromatic heterocycles. The van der Waals surface area contributed by atoms with Crippen molar-refractivity contribution < 1.29 is 22.7 Å². The van der Waals surface area contributed by atoms with Gasteiger partial charge in [-0.3, -0.25) is 0 Å². The Balaban J connectivity index is 1.37. The summed E-state index contributed by atoms with van der Waals surface area (Å²) >= 11 is 0. The number of aromatic nitrogens is 2. The van der Waals surface area contributed by atoms with E-state index in [9.17, 15) is 18.0 Å². The molecule has 0 spiro atoms. The smallest absolute Gasteiger partial charge is 0.378 e. The number of urea groups is 1. The molecular formula is C21H25F3N6O2. The summed E-state index contributed by atoms with van der Waals surface area (Å²) in [5, 5.41) is 2.56. The fourth-order valence-corrected chi connectivity index (χ4v) is 3.77. The van der Waals surface area contributed by atoms with E-state index in [2.05, 4.69) is 25.1 Å². The molecule has 2 fully saturated rings. The van der Waals surface area contributed by atoms with Crippen molar-refractivity contribution in [1.29, 1.82) is 0 Å². The van der Waals surface area contributed by atoms with Crippen molar-refractivity contribution in [2.45, 2.75) is 13.1 Å². The Morgan fingerprint density at radius 3 is 2.22 bits per heavy atom. The molecule has 0 aliphatic carbocycles. The number of nitrogens with one attached hydrogen (secondary N) is 1. The van der Waals surface area contributed by atoms with Gasteiger partial charge in [0.15, 0.2) is 0 Å². The first kappa shape index (κ1) is 22.1. The van der Waals surface area contributed by atoms with E-state index < -0.39 is 17.8 Å². The highest BCUT2D eigenvalue weighted by Gasteiger charge is 2.31. The van der Waals surface area contributed by atoms with E-state index in [-0.39, 0.29) is 5.69 Å². The molecule has 1 aromatic carbocycles. The predicted molar refractivity (Wildman–Crippen MR) is 114 cm³/mol. The van der Waals surface area contributed by atoms with Crippen LogP contribution in [-0.2, 0) is 10.9 Å². The number of aryl methyl sites for hydroxylation is 1. The van der Waals surface area contributed by atoms with E-state index in [4.69, 9.17) is 4.74 Å². The molecule has 172 valence electrons. The summed E-state index contributed by atoms with van der Waals surface area (Å²) in [6.07, 6.45) is -4.46. The third kappa shape index (κ3) is 5.21. The number of carbonyl (C=O) groups is 1. The molecule has 0 radical (unpaired) electrons. The number of morpholine rings is 1. The van der Waals surface area contributed by atoms with Gasteiger partial charge in [0, 0.05) is 51.0 Å². The highest BCUT2D eigenvalue weighted by Crippen LogP contribution is 2.30. The fourth-order valence-electron chi connectivity index (χ4n) is 3.77. The van der Waals surface area contributed by atoms with Crippen LogP contribution in [0.5, 0.6) is 0 Å². The summed E-state index contributed by atoms with van der Waals surface area (Å²) in [5.74, 6) is 2.34. The summed E-state index contributed by atoms with van der Waals surface area (Å²) < 4.78 is 44.1. The minimum atomic E-state index is -4.46. The fraction of sp³-hybridized carbons (Fsp3) is 0.476. The van der Waals surface area contributed by atoms with E-state index >= 15 is 0 Å². The van der Waals surface area contributed by atoms with Crippen LogP contribution in [0, 0.1) is 6.92 Å². The average Bonchev–Trinajstić information content (AvgIpc) is 2.79. The average molecular weight is 450 g/mol. The number of hydrogen-bond acceptors (Lipinski definition) is 6. The monoisotopic (exact) mass is 450 g/mol. The topological polar surface area (TPSA) is 73.8 Å². The highest BCUT2D eigenvalue weighted by atomic mass is 19.4. The molecule has 0 bridgehead atoms. The van der Waals surface area contributed by atoms with Crippen molar-refractivity contribution in [2.24, 2.45) is 0 Å². The number of nitrogens with zero attached hydrogens (tertiary/aromatic N) is 5. The number of amides is 2. The SMILES string of the molecule is Cc1nc(N2CCOCC2)cc(N2CCN(C(=O)Nc3cccc(C(F)(F)F)c3)CC2)n1. The number of piperazine rings is 1. The molecule has 3 heterocycles. The first-order valence-corrected chi connectivity index (χ1v) is 10.5. The van der Waals surface area contributed by atoms with Gasteiger partial charge in [-0.1, -0.05) is 6.07 Å². The van der Waals surface area contributed by atoms with Crippen LogP contribution in [0.3, 0.4) is 0 Å². The first-order valence-electron chi connectivity index (χ1n) is 10.5. The van der Waals surface area contributed by atoms with Crippen molar-refractivity contribution in [2.75, 3.05) is 67.6 Å². The first-order chi connectivity index (χ1) is 15.3. The van der Waals surface area contributed by atoms with Gasteiger partial charge in [0.1, 0.15) is 17.5 Å². The van der Waals surface area contributed by atoms with Gasteiger partial charge in [0.25, 0.3) is 0 Å². The molecule has 2 amide bonds. The van der Waals surface area contributed by atoms with E-state index in [0.717, 1.165) is 36.9 Å². The van der Waals surface area contributed by atoms with Crippen molar-refractivity contribution in [3.63, 3.8) is 0 Å². The third-order valence-electron chi connectivity index (χ3n) is 5.48. The normalized spacial score (nSPS) is 17.4. The maximum atomic E-state index is 12.9. The highest BCUT2D eigenvalue weighted by molar-refractivity contribution is 5.89. The van der Waals surface area contributed by atoms with Crippen LogP contribution in [0.15, 0.2) is 30.3 Å². The second-order valence-corrected chi connectivity index (χ2v) is 7.71. The Labute approximate surface area is 184 Å². The van der Waals surface area contributed by atoms with Gasteiger partial charge in [0.05, 0.1) is 18.8 Å². The minimum Gasteiger partial charge on any atom is -0.378 e. The lowest BCUT2D eigenvalue weighted by atomic mass is 10.2. The van der Waals surface area contributed by atoms with Crippen molar-refractivity contribution >= 4 is 23.4 Å². The zero-order chi connectivity index (χ0) is 22.7. The third-order valence-corrected chi connectivity index (χ3v) is 5.48. The molecule has 1 N–H and O–H groups in total. The largest absolute Gasteiger partial charge is 0.416 e. The van der Waals surface area contributed by atoms with Gasteiger partial charge in [-0.2, -0.15) is 13.2 Å². The second-order valence-electron chi connectivity index (χ2n) is 7.71. The van der Waals surface area contributed by atoms with E-state index in [1.54, 1.807) is 4.90 Å². The summed E-state index contributed by atoms with van der Waals surface area (Å²) in [4.78, 5) is 27.5. The van der Waals surface area contributed by atoms with Gasteiger partial charge in [0.2, 0.25) is 0 Å². The number of hydrogen-bond donors (Lipinski definition) is 1. The van der Waals surface area contributed by atoms with Crippen LogP contribution in [-0.4, -0.2) is 73.4 Å². The lowest BCUT2D eigenvalue weighted by Crippen LogP contribution is -2.50. The van der Waals surface area contributed by atoms with Crippen LogP contribution in [0.25, 0.3) is 0 Å². The number of ether oxygens (including phenoxy) is 1. The minimum absolute atomic E-state index is 0.119. The molecule has 2 aromatic rings. The van der Waals surface area contributed by atoms with Crippen LogP contribution in [0.1, 0.15) is 11.4 Å². The van der Waals surface area contributed by atoms with Gasteiger partial charge in [-0.25, -0.2) is 14.8 Å². The lowest BCUT2D eigenvalue weighted by Gasteiger charge is -2.36. The Morgan fingerprint density at radius 2 is 1.59 bits per heavy atom. The van der Waals surface area contributed by atoms with Crippen molar-refractivity contribution in [3.8, 4) is 0 Å². The van der Waals surface area contributed by atoms with Gasteiger partial charge >= 0.3 is 12.2 Å². The van der Waals surface area contributed by atoms with Crippen LogP contribution >= 0.6 is 0 Å². The number of alkyl halides is 3. The molecule has 0 atom stereocenters. The molecule has 2 aliphatic rings. The number of anilines is 3. The second kappa shape index (κ2) is 9.19. The van der Waals surface area contributed by atoms with Crippen molar-refractivity contribution in [1.82, 2.24) is 14.9 Å². The Hall–Kier alpha value is -3.08. The number of rotatable bonds is 3. The summed E-state index contributed by atoms with van der Waals surface area (Å²) in [6, 6.07) is 6.17. The maximum Gasteiger partial charge on any atom is 0.416 e. The Bertz CT molecular complexity index is 957. The molecule has 8 nitrogen and oxygen atoms in total. The summed E-state index contributed by atoms with van der Waals surface area (Å²) in [7, 11) is 0. The molecule has 4 rings (SSSR count). The van der Waals surface area contributed by atoms with Crippen LogP contribution in [0.2, 0.25) is 0 Å². The zero-order valence-electron chi connectivity index (χ0n) is 17.7. The van der Waals surface area contributed by atoms with Crippen LogP contribution in [0.4, 0.5) is 35.3 Å². The Morgan fingerprint density at radius 1 is 0.969 bits per heavy atom. The molecule has 11 heteroatoms. The molecule has 2 aliphatic heterocycles. The number of carbonyl (C=O) groups excluding carboxylic acids is 1. The van der Waals surface area contributed by atoms with Gasteiger partial charge in [-0.15, -0.1) is 0 Å². The number of benzene rings is 1. The van der Waals surface area contributed by atoms with Crippen molar-refractivity contribution in [3.05, 3.63) is 41.7 Å². The molecular weight excluding hydrogens is 425 g/mol. The quantitative estimate of drug-likeness (QED) is 0.775. The van der Waals surface area contributed by atoms with E-state index in [1.807, 2.05) is 13.0 Å². The van der Waals surface area contributed by atoms with Gasteiger partial charge < -0.3 is 24.8 Å². The number of halogens is 3. The molecule has 0 saturated carbocycles. The standard InChI is InChI=1S/C21H25F3N6O2/c1-15-25-18(14-19(26-15)29-9-11-32-12-10-29)28-5-7-30(8-6-28)20(31)27-17-4-2-3-16(13-17)21(22,23)24/h2-4,13-14H,5-12H2,1H3,(H,27,31). The molecule has 2 saturated heterocycles. The van der Waals surface area contributed by atoms with E-state index in [0.29, 0.717) is 45.2 Å². The van der Waals surface area contributed by atoms with Crippen LogP contribution < -0.4 is 15.1 Å². The predicted octanol–water partition coefficient (Wildman–Crippen LogP) is 2.99. The van der Waals surface area contributed by atoms with Gasteiger partial charge in [-0.05, 0) is 25.1 Å². The van der Waals surface area contributed by atoms with E-state index in [1.165, 1.54) is 12.1 Å². The summed E-state index contributed by atoms with van der Waals surface area (Å²) in [5.41, 5.74) is -0.677. The maximum absolute atomic E-state index is 12.9. The molecule has 32 heavy (non-hydrogen) atoms. The Kier molecular flexibility index (Phi) is 6.35. The zero-order valence-corrected chi connectivity index (χ0v) is 17.7.